The summed E-state index contributed by atoms with van der Waals surface area (Å²) in [6.45, 7) is 2.78. The zero-order chi connectivity index (χ0) is 13.7. The molecule has 1 amide bonds. The molecular formula is C13H16ClN3O2. The Hall–Kier alpha value is -1.75. The van der Waals surface area contributed by atoms with Crippen LogP contribution < -0.4 is 15.5 Å². The molecule has 0 aliphatic carbocycles. The molecule has 0 bridgehead atoms. The molecule has 0 aromatic heterocycles. The fourth-order valence-corrected chi connectivity index (χ4v) is 1.94. The summed E-state index contributed by atoms with van der Waals surface area (Å²) in [5.41, 5.74) is 4.14. The van der Waals surface area contributed by atoms with E-state index in [0.717, 1.165) is 5.69 Å². The highest BCUT2D eigenvalue weighted by molar-refractivity contribution is 6.39. The standard InChI is InChI=1S/C13H16ClN3O2/c1-9-5-12(13(18)15-7-9)17-16-10-3-2-4-11(6-10)19-8-14/h2-4,6,9,16H,5,7-8H2,1H3,(H,15,18)/b17-12+/t9-/m1/s1. The number of anilines is 1. The summed E-state index contributed by atoms with van der Waals surface area (Å²) in [7, 11) is 0. The molecule has 6 heteroatoms. The van der Waals surface area contributed by atoms with Gasteiger partial charge in [-0.3, -0.25) is 10.2 Å². The minimum atomic E-state index is -0.112. The number of carbonyl (C=O) groups is 1. The Balaban J connectivity index is 2.04. The normalized spacial score (nSPS) is 21.1. The Kier molecular flexibility index (Phi) is 4.63. The minimum absolute atomic E-state index is 0.0951. The van der Waals surface area contributed by atoms with Crippen LogP contribution in [0.4, 0.5) is 5.69 Å². The third kappa shape index (κ3) is 3.86. The van der Waals surface area contributed by atoms with E-state index in [1.165, 1.54) is 0 Å². The van der Waals surface area contributed by atoms with Gasteiger partial charge in [0.15, 0.2) is 6.07 Å². The first-order valence-corrected chi connectivity index (χ1v) is 6.62. The van der Waals surface area contributed by atoms with Gasteiger partial charge in [-0.15, -0.1) is 0 Å². The predicted octanol–water partition coefficient (Wildman–Crippen LogP) is 2.19. The second-order valence-electron chi connectivity index (χ2n) is 4.47. The molecule has 1 aliphatic rings. The summed E-state index contributed by atoms with van der Waals surface area (Å²) in [6, 6.07) is 7.34. The van der Waals surface area contributed by atoms with Crippen molar-refractivity contribution >= 4 is 28.9 Å². The highest BCUT2D eigenvalue weighted by Crippen LogP contribution is 2.18. The zero-order valence-corrected chi connectivity index (χ0v) is 11.4. The SMILES string of the molecule is C[C@H]1CNC(=O)/C(=N/Nc2cccc(OCCl)c2)C1. The van der Waals surface area contributed by atoms with Crippen LogP contribution in [0.3, 0.4) is 0 Å². The van der Waals surface area contributed by atoms with Crippen molar-refractivity contribution in [2.45, 2.75) is 13.3 Å². The van der Waals surface area contributed by atoms with Gasteiger partial charge in [0.05, 0.1) is 5.69 Å². The van der Waals surface area contributed by atoms with Gasteiger partial charge in [0.1, 0.15) is 11.5 Å². The molecule has 0 saturated carbocycles. The highest BCUT2D eigenvalue weighted by atomic mass is 35.5. The molecule has 19 heavy (non-hydrogen) atoms. The van der Waals surface area contributed by atoms with Crippen molar-refractivity contribution in [1.82, 2.24) is 5.32 Å². The average Bonchev–Trinajstić information content (AvgIpc) is 2.41. The van der Waals surface area contributed by atoms with Crippen LogP contribution in [-0.4, -0.2) is 24.2 Å². The van der Waals surface area contributed by atoms with Gasteiger partial charge in [0, 0.05) is 19.0 Å². The van der Waals surface area contributed by atoms with Crippen LogP contribution in [0.25, 0.3) is 0 Å². The van der Waals surface area contributed by atoms with Gasteiger partial charge in [-0.05, 0) is 18.1 Å². The monoisotopic (exact) mass is 281 g/mol. The molecule has 102 valence electrons. The number of halogens is 1. The summed E-state index contributed by atoms with van der Waals surface area (Å²) < 4.78 is 5.17. The molecule has 0 unspecified atom stereocenters. The first-order chi connectivity index (χ1) is 9.19. The maximum atomic E-state index is 11.6. The molecule has 1 aromatic carbocycles. The van der Waals surface area contributed by atoms with Gasteiger partial charge >= 0.3 is 0 Å². The van der Waals surface area contributed by atoms with Gasteiger partial charge in [-0.2, -0.15) is 5.10 Å². The maximum absolute atomic E-state index is 11.6. The van der Waals surface area contributed by atoms with Crippen LogP contribution in [0.1, 0.15) is 13.3 Å². The molecule has 1 heterocycles. The number of benzene rings is 1. The van der Waals surface area contributed by atoms with E-state index in [1.807, 2.05) is 12.1 Å². The molecule has 1 atom stereocenters. The second-order valence-corrected chi connectivity index (χ2v) is 4.69. The molecule has 2 N–H and O–H groups in total. The predicted molar refractivity (Wildman–Crippen MR) is 75.6 cm³/mol. The van der Waals surface area contributed by atoms with Gasteiger partial charge in [0.25, 0.3) is 5.91 Å². The molecule has 1 aromatic rings. The van der Waals surface area contributed by atoms with Crippen molar-refractivity contribution in [1.29, 1.82) is 0 Å². The van der Waals surface area contributed by atoms with Crippen LogP contribution in [0.2, 0.25) is 0 Å². The van der Waals surface area contributed by atoms with E-state index in [9.17, 15) is 4.79 Å². The van der Waals surface area contributed by atoms with E-state index in [0.29, 0.717) is 30.3 Å². The number of nitrogens with one attached hydrogen (secondary N) is 2. The van der Waals surface area contributed by atoms with Crippen LogP contribution in [0.5, 0.6) is 5.75 Å². The third-order valence-corrected chi connectivity index (χ3v) is 2.90. The number of alkyl halides is 1. The lowest BCUT2D eigenvalue weighted by molar-refractivity contribution is -0.115. The molecule has 1 saturated heterocycles. The van der Waals surface area contributed by atoms with Crippen molar-refractivity contribution in [3.63, 3.8) is 0 Å². The van der Waals surface area contributed by atoms with Crippen molar-refractivity contribution in [3.8, 4) is 5.75 Å². The summed E-state index contributed by atoms with van der Waals surface area (Å²) in [6.07, 6.45) is 0.677. The van der Waals surface area contributed by atoms with Gasteiger partial charge in [-0.25, -0.2) is 0 Å². The third-order valence-electron chi connectivity index (χ3n) is 2.79. The van der Waals surface area contributed by atoms with E-state index in [-0.39, 0.29) is 12.0 Å². The number of nitrogens with zero attached hydrogens (tertiary/aromatic N) is 1. The Labute approximate surface area is 117 Å². The number of hydrogen-bond acceptors (Lipinski definition) is 4. The van der Waals surface area contributed by atoms with E-state index in [2.05, 4.69) is 22.8 Å². The van der Waals surface area contributed by atoms with Crippen LogP contribution in [0, 0.1) is 5.92 Å². The summed E-state index contributed by atoms with van der Waals surface area (Å²) in [4.78, 5) is 11.6. The van der Waals surface area contributed by atoms with Crippen LogP contribution in [0.15, 0.2) is 29.4 Å². The molecule has 2 rings (SSSR count). The Bertz CT molecular complexity index is 491. The lowest BCUT2D eigenvalue weighted by Crippen LogP contribution is -2.41. The lowest BCUT2D eigenvalue weighted by Gasteiger charge is -2.19. The maximum Gasteiger partial charge on any atom is 0.267 e. The van der Waals surface area contributed by atoms with Crippen molar-refractivity contribution < 1.29 is 9.53 Å². The van der Waals surface area contributed by atoms with E-state index in [4.69, 9.17) is 16.3 Å². The van der Waals surface area contributed by atoms with E-state index >= 15 is 0 Å². The topological polar surface area (TPSA) is 62.7 Å². The molecule has 0 radical (unpaired) electrons. The quantitative estimate of drug-likeness (QED) is 0.657. The summed E-state index contributed by atoms with van der Waals surface area (Å²) in [5.74, 6) is 0.949. The molecular weight excluding hydrogens is 266 g/mol. The van der Waals surface area contributed by atoms with Gasteiger partial charge in [-0.1, -0.05) is 24.6 Å². The van der Waals surface area contributed by atoms with Crippen molar-refractivity contribution in [2.24, 2.45) is 11.0 Å². The number of piperidine rings is 1. The minimum Gasteiger partial charge on any atom is -0.478 e. The molecule has 0 spiro atoms. The Morgan fingerprint density at radius 3 is 3.21 bits per heavy atom. The lowest BCUT2D eigenvalue weighted by atomic mass is 10.00. The van der Waals surface area contributed by atoms with E-state index < -0.39 is 0 Å². The Morgan fingerprint density at radius 1 is 1.58 bits per heavy atom. The number of hydrogen-bond donors (Lipinski definition) is 2. The average molecular weight is 282 g/mol. The first kappa shape index (κ1) is 13.7. The van der Waals surface area contributed by atoms with Gasteiger partial charge < -0.3 is 10.1 Å². The van der Waals surface area contributed by atoms with Crippen molar-refractivity contribution in [2.75, 3.05) is 18.0 Å². The number of amides is 1. The molecule has 1 fully saturated rings. The number of carbonyl (C=O) groups excluding carboxylic acids is 1. The van der Waals surface area contributed by atoms with Crippen LogP contribution >= 0.6 is 11.6 Å². The van der Waals surface area contributed by atoms with Gasteiger partial charge in [0.2, 0.25) is 0 Å². The largest absolute Gasteiger partial charge is 0.478 e. The highest BCUT2D eigenvalue weighted by Gasteiger charge is 2.21. The van der Waals surface area contributed by atoms with Crippen molar-refractivity contribution in [3.05, 3.63) is 24.3 Å². The number of ether oxygens (including phenoxy) is 1. The fraction of sp³-hybridized carbons (Fsp3) is 0.385. The molecule has 1 aliphatic heterocycles. The number of hydrazone groups is 1. The van der Waals surface area contributed by atoms with Crippen LogP contribution in [-0.2, 0) is 4.79 Å². The summed E-state index contributed by atoms with van der Waals surface area (Å²) >= 11 is 5.50. The second kappa shape index (κ2) is 6.43. The molecule has 5 nitrogen and oxygen atoms in total. The Morgan fingerprint density at radius 2 is 2.42 bits per heavy atom. The van der Waals surface area contributed by atoms with E-state index in [1.54, 1.807) is 12.1 Å². The zero-order valence-electron chi connectivity index (χ0n) is 10.6. The smallest absolute Gasteiger partial charge is 0.267 e. The fourth-order valence-electron chi connectivity index (χ4n) is 1.81. The summed E-state index contributed by atoms with van der Waals surface area (Å²) in [5, 5.41) is 6.95. The number of rotatable bonds is 4. The first-order valence-electron chi connectivity index (χ1n) is 6.08.